The molecule has 1 aromatic rings. The van der Waals surface area contributed by atoms with E-state index < -0.39 is 6.09 Å². The van der Waals surface area contributed by atoms with Crippen LogP contribution < -0.4 is 11.1 Å². The lowest BCUT2D eigenvalue weighted by molar-refractivity contribution is 0.0777. The summed E-state index contributed by atoms with van der Waals surface area (Å²) in [7, 11) is 1.33. The second-order valence-electron chi connectivity index (χ2n) is 5.67. The van der Waals surface area contributed by atoms with E-state index in [2.05, 4.69) is 10.1 Å². The van der Waals surface area contributed by atoms with Crippen LogP contribution in [0.1, 0.15) is 35.8 Å². The van der Waals surface area contributed by atoms with Crippen molar-refractivity contribution in [3.8, 4) is 0 Å². The number of nitrogens with one attached hydrogen (secondary N) is 1. The standard InChI is InChI=1S/C14H20N4O3/c1-21-14(20)16-10-4-5-17(8-10)13(19)12-6-9(15)7-18(12)11-2-3-11/h6-7,10-11H,2-5,8,15H2,1H3,(H,16,20). The average Bonchev–Trinajstić information content (AvgIpc) is 3.09. The van der Waals surface area contributed by atoms with Crippen molar-refractivity contribution >= 4 is 17.7 Å². The number of likely N-dealkylation sites (tertiary alicyclic amines) is 1. The van der Waals surface area contributed by atoms with Crippen LogP contribution in [0.4, 0.5) is 10.5 Å². The van der Waals surface area contributed by atoms with E-state index in [4.69, 9.17) is 5.73 Å². The summed E-state index contributed by atoms with van der Waals surface area (Å²) in [5.74, 6) is -0.0206. The molecule has 0 spiro atoms. The van der Waals surface area contributed by atoms with Gasteiger partial charge in [-0.05, 0) is 25.3 Å². The maximum absolute atomic E-state index is 12.6. The number of nitrogens with two attached hydrogens (primary N) is 1. The molecule has 1 saturated heterocycles. The van der Waals surface area contributed by atoms with Crippen molar-refractivity contribution in [1.29, 1.82) is 0 Å². The third-order valence-electron chi connectivity index (χ3n) is 4.01. The quantitative estimate of drug-likeness (QED) is 0.869. The molecule has 0 radical (unpaired) electrons. The molecule has 1 unspecified atom stereocenters. The van der Waals surface area contributed by atoms with Crippen molar-refractivity contribution in [3.63, 3.8) is 0 Å². The Labute approximate surface area is 123 Å². The van der Waals surface area contributed by atoms with Crippen LogP contribution in [0, 0.1) is 0 Å². The summed E-state index contributed by atoms with van der Waals surface area (Å²) >= 11 is 0. The highest BCUT2D eigenvalue weighted by molar-refractivity contribution is 5.94. The van der Waals surface area contributed by atoms with E-state index >= 15 is 0 Å². The summed E-state index contributed by atoms with van der Waals surface area (Å²) in [6, 6.07) is 2.10. The molecule has 7 heteroatoms. The Morgan fingerprint density at radius 1 is 1.38 bits per heavy atom. The molecule has 114 valence electrons. The molecule has 3 N–H and O–H groups in total. The summed E-state index contributed by atoms with van der Waals surface area (Å²) in [5, 5.41) is 2.73. The van der Waals surface area contributed by atoms with Crippen LogP contribution >= 0.6 is 0 Å². The maximum Gasteiger partial charge on any atom is 0.407 e. The number of hydrogen-bond acceptors (Lipinski definition) is 4. The van der Waals surface area contributed by atoms with Crippen LogP contribution in [0.25, 0.3) is 0 Å². The fraction of sp³-hybridized carbons (Fsp3) is 0.571. The molecule has 1 aromatic heterocycles. The molecular weight excluding hydrogens is 272 g/mol. The number of methoxy groups -OCH3 is 1. The van der Waals surface area contributed by atoms with Crippen molar-refractivity contribution in [3.05, 3.63) is 18.0 Å². The SMILES string of the molecule is COC(=O)NC1CCN(C(=O)c2cc(N)cn2C2CC2)C1. The molecule has 3 rings (SSSR count). The van der Waals surface area contributed by atoms with Gasteiger partial charge in [-0.15, -0.1) is 0 Å². The first-order valence-corrected chi connectivity index (χ1v) is 7.19. The number of carbonyl (C=O) groups is 2. The monoisotopic (exact) mass is 292 g/mol. The summed E-state index contributed by atoms with van der Waals surface area (Å²) in [6.45, 7) is 1.13. The zero-order chi connectivity index (χ0) is 15.0. The first-order chi connectivity index (χ1) is 10.1. The Hall–Kier alpha value is -2.18. The fourth-order valence-corrected chi connectivity index (χ4v) is 2.78. The second kappa shape index (κ2) is 5.31. The summed E-state index contributed by atoms with van der Waals surface area (Å²) in [4.78, 5) is 25.6. The smallest absolute Gasteiger partial charge is 0.407 e. The molecule has 2 heterocycles. The zero-order valence-electron chi connectivity index (χ0n) is 12.0. The lowest BCUT2D eigenvalue weighted by atomic mass is 10.3. The van der Waals surface area contributed by atoms with Gasteiger partial charge in [0, 0.05) is 25.3 Å². The Morgan fingerprint density at radius 3 is 2.81 bits per heavy atom. The topological polar surface area (TPSA) is 89.6 Å². The highest BCUT2D eigenvalue weighted by Crippen LogP contribution is 2.37. The molecular formula is C14H20N4O3. The molecule has 7 nitrogen and oxygen atoms in total. The van der Waals surface area contributed by atoms with E-state index in [0.717, 1.165) is 19.3 Å². The van der Waals surface area contributed by atoms with Crippen molar-refractivity contribution in [2.75, 3.05) is 25.9 Å². The zero-order valence-corrected chi connectivity index (χ0v) is 12.0. The van der Waals surface area contributed by atoms with Crippen LogP contribution in [-0.2, 0) is 4.74 Å². The minimum Gasteiger partial charge on any atom is -0.453 e. The third kappa shape index (κ3) is 2.81. The normalized spacial score (nSPS) is 21.4. The number of nitrogens with zero attached hydrogens (tertiary/aromatic N) is 2. The van der Waals surface area contributed by atoms with Crippen molar-refractivity contribution in [2.45, 2.75) is 31.3 Å². The van der Waals surface area contributed by atoms with E-state index in [0.29, 0.717) is 30.5 Å². The number of aromatic nitrogens is 1. The maximum atomic E-state index is 12.6. The minimum atomic E-state index is -0.458. The van der Waals surface area contributed by atoms with Gasteiger partial charge in [0.1, 0.15) is 5.69 Å². The van der Waals surface area contributed by atoms with Crippen LogP contribution in [0.3, 0.4) is 0 Å². The van der Waals surface area contributed by atoms with Gasteiger partial charge in [0.2, 0.25) is 0 Å². The van der Waals surface area contributed by atoms with Crippen LogP contribution in [-0.4, -0.2) is 47.7 Å². The Morgan fingerprint density at radius 2 is 2.14 bits per heavy atom. The first-order valence-electron chi connectivity index (χ1n) is 7.19. The van der Waals surface area contributed by atoms with Crippen LogP contribution in [0.15, 0.2) is 12.3 Å². The van der Waals surface area contributed by atoms with E-state index in [9.17, 15) is 9.59 Å². The number of rotatable bonds is 3. The van der Waals surface area contributed by atoms with Gasteiger partial charge in [-0.25, -0.2) is 4.79 Å². The summed E-state index contributed by atoms with van der Waals surface area (Å²) in [6.07, 6.45) is 4.31. The number of ether oxygens (including phenoxy) is 1. The largest absolute Gasteiger partial charge is 0.453 e. The van der Waals surface area contributed by atoms with E-state index in [-0.39, 0.29) is 11.9 Å². The number of anilines is 1. The molecule has 0 aromatic carbocycles. The van der Waals surface area contributed by atoms with Gasteiger partial charge in [-0.2, -0.15) is 0 Å². The highest BCUT2D eigenvalue weighted by atomic mass is 16.5. The molecule has 2 aliphatic rings. The minimum absolute atomic E-state index is 0.0206. The number of amides is 2. The first kappa shape index (κ1) is 13.8. The Balaban J connectivity index is 1.67. The molecule has 1 saturated carbocycles. The van der Waals surface area contributed by atoms with Gasteiger partial charge in [-0.3, -0.25) is 4.79 Å². The van der Waals surface area contributed by atoms with Crippen LogP contribution in [0.2, 0.25) is 0 Å². The summed E-state index contributed by atoms with van der Waals surface area (Å²) in [5.41, 5.74) is 7.09. The van der Waals surface area contributed by atoms with Gasteiger partial charge in [0.25, 0.3) is 5.91 Å². The predicted molar refractivity (Wildman–Crippen MR) is 77.0 cm³/mol. The molecule has 0 bridgehead atoms. The number of carbonyl (C=O) groups excluding carboxylic acids is 2. The van der Waals surface area contributed by atoms with Crippen molar-refractivity contribution in [1.82, 2.24) is 14.8 Å². The number of hydrogen-bond donors (Lipinski definition) is 2. The molecule has 21 heavy (non-hydrogen) atoms. The van der Waals surface area contributed by atoms with Crippen LogP contribution in [0.5, 0.6) is 0 Å². The van der Waals surface area contributed by atoms with Gasteiger partial charge >= 0.3 is 6.09 Å². The highest BCUT2D eigenvalue weighted by Gasteiger charge is 2.33. The van der Waals surface area contributed by atoms with Crippen molar-refractivity contribution < 1.29 is 14.3 Å². The molecule has 1 atom stereocenters. The van der Waals surface area contributed by atoms with Gasteiger partial charge in [-0.1, -0.05) is 0 Å². The van der Waals surface area contributed by atoms with Gasteiger partial charge in [0.05, 0.1) is 18.8 Å². The van der Waals surface area contributed by atoms with Crippen molar-refractivity contribution in [2.24, 2.45) is 0 Å². The van der Waals surface area contributed by atoms with E-state index in [1.807, 2.05) is 10.8 Å². The molecule has 2 fully saturated rings. The number of nitrogen functional groups attached to an aromatic ring is 1. The Bertz CT molecular complexity index is 565. The number of alkyl carbamates (subject to hydrolysis) is 1. The molecule has 2 amide bonds. The molecule has 1 aliphatic heterocycles. The second-order valence-corrected chi connectivity index (χ2v) is 5.67. The lowest BCUT2D eigenvalue weighted by Gasteiger charge is -2.18. The Kier molecular flexibility index (Phi) is 3.48. The third-order valence-corrected chi connectivity index (χ3v) is 4.01. The fourth-order valence-electron chi connectivity index (χ4n) is 2.78. The van der Waals surface area contributed by atoms with E-state index in [1.54, 1.807) is 11.0 Å². The van der Waals surface area contributed by atoms with Gasteiger partial charge < -0.3 is 25.3 Å². The molecule has 1 aliphatic carbocycles. The predicted octanol–water partition coefficient (Wildman–Crippen LogP) is 0.976. The summed E-state index contributed by atoms with van der Waals surface area (Å²) < 4.78 is 6.57. The lowest BCUT2D eigenvalue weighted by Crippen LogP contribution is -2.38. The van der Waals surface area contributed by atoms with Gasteiger partial charge in [0.15, 0.2) is 0 Å². The average molecular weight is 292 g/mol. The van der Waals surface area contributed by atoms with E-state index in [1.165, 1.54) is 7.11 Å².